The highest BCUT2D eigenvalue weighted by atomic mass is 79.9. The molecule has 2 aromatic carbocycles. The zero-order valence-electron chi connectivity index (χ0n) is 9.61. The van der Waals surface area contributed by atoms with Gasteiger partial charge in [-0.2, -0.15) is 0 Å². The van der Waals surface area contributed by atoms with E-state index in [1.54, 1.807) is 0 Å². The van der Waals surface area contributed by atoms with Crippen molar-refractivity contribution in [2.75, 3.05) is 0 Å². The van der Waals surface area contributed by atoms with Crippen molar-refractivity contribution in [1.82, 2.24) is 0 Å². The van der Waals surface area contributed by atoms with E-state index in [1.165, 1.54) is 0 Å². The smallest absolute Gasteiger partial charge is 0.134 e. The lowest BCUT2D eigenvalue weighted by molar-refractivity contribution is 0.472. The van der Waals surface area contributed by atoms with Crippen LogP contribution in [0.5, 0.6) is 11.5 Å². The third-order valence-corrected chi connectivity index (χ3v) is 3.02. The van der Waals surface area contributed by atoms with Crippen molar-refractivity contribution in [2.45, 2.75) is 13.5 Å². The molecule has 0 atom stereocenters. The number of halogens is 1. The maximum Gasteiger partial charge on any atom is 0.134 e. The minimum atomic E-state index is 0.477. The van der Waals surface area contributed by atoms with Crippen LogP contribution in [0.25, 0.3) is 0 Å². The van der Waals surface area contributed by atoms with Crippen LogP contribution >= 0.6 is 15.9 Å². The van der Waals surface area contributed by atoms with Gasteiger partial charge in [0.25, 0.3) is 0 Å². The fourth-order valence-electron chi connectivity index (χ4n) is 1.67. The van der Waals surface area contributed by atoms with Crippen LogP contribution in [0.4, 0.5) is 0 Å². The van der Waals surface area contributed by atoms with Crippen molar-refractivity contribution in [3.8, 4) is 11.5 Å². The molecule has 17 heavy (non-hydrogen) atoms. The molecule has 0 bridgehead atoms. The normalized spacial score (nSPS) is 10.3. The van der Waals surface area contributed by atoms with Crippen molar-refractivity contribution in [3.05, 3.63) is 58.1 Å². The molecule has 0 saturated heterocycles. The van der Waals surface area contributed by atoms with Crippen LogP contribution in [0.15, 0.2) is 46.9 Å². The topological polar surface area (TPSA) is 35.2 Å². The van der Waals surface area contributed by atoms with Gasteiger partial charge in [-0.1, -0.05) is 40.2 Å². The van der Waals surface area contributed by atoms with Crippen molar-refractivity contribution >= 4 is 15.9 Å². The first kappa shape index (κ1) is 12.1. The van der Waals surface area contributed by atoms with Crippen LogP contribution in [0, 0.1) is 6.92 Å². The van der Waals surface area contributed by atoms with Gasteiger partial charge >= 0.3 is 0 Å². The molecule has 2 rings (SSSR count). The molecule has 2 aromatic rings. The molecular formula is C14H14BrNO. The quantitative estimate of drug-likeness (QED) is 0.927. The summed E-state index contributed by atoms with van der Waals surface area (Å²) in [7, 11) is 0. The predicted octanol–water partition coefficient (Wildman–Crippen LogP) is 4.01. The number of aryl methyl sites for hydroxylation is 1. The first-order chi connectivity index (χ1) is 8.20. The van der Waals surface area contributed by atoms with E-state index in [1.807, 2.05) is 49.4 Å². The van der Waals surface area contributed by atoms with Crippen LogP contribution in [-0.4, -0.2) is 0 Å². The Morgan fingerprint density at radius 1 is 1.18 bits per heavy atom. The summed E-state index contributed by atoms with van der Waals surface area (Å²) in [4.78, 5) is 0. The molecule has 2 nitrogen and oxygen atoms in total. The first-order valence-corrected chi connectivity index (χ1v) is 6.22. The standard InChI is InChI=1S/C14H14BrNO/c1-10-4-2-5-11(9-16)14(10)17-13-7-3-6-12(15)8-13/h2-8H,9,16H2,1H3. The average molecular weight is 292 g/mol. The van der Waals surface area contributed by atoms with E-state index in [-0.39, 0.29) is 0 Å². The number of ether oxygens (including phenoxy) is 1. The van der Waals surface area contributed by atoms with E-state index in [9.17, 15) is 0 Å². The summed E-state index contributed by atoms with van der Waals surface area (Å²) in [6, 6.07) is 13.8. The van der Waals surface area contributed by atoms with Gasteiger partial charge in [0.05, 0.1) is 0 Å². The maximum atomic E-state index is 5.90. The van der Waals surface area contributed by atoms with Crippen LogP contribution in [0.2, 0.25) is 0 Å². The zero-order valence-corrected chi connectivity index (χ0v) is 11.2. The van der Waals surface area contributed by atoms with E-state index in [0.717, 1.165) is 27.1 Å². The molecule has 2 N–H and O–H groups in total. The van der Waals surface area contributed by atoms with Crippen molar-refractivity contribution < 1.29 is 4.74 Å². The summed E-state index contributed by atoms with van der Waals surface area (Å²) in [5.74, 6) is 1.66. The first-order valence-electron chi connectivity index (χ1n) is 5.42. The van der Waals surface area contributed by atoms with Gasteiger partial charge in [0.2, 0.25) is 0 Å². The third-order valence-electron chi connectivity index (χ3n) is 2.53. The van der Waals surface area contributed by atoms with Crippen LogP contribution < -0.4 is 10.5 Å². The van der Waals surface area contributed by atoms with E-state index in [0.29, 0.717) is 6.54 Å². The largest absolute Gasteiger partial charge is 0.457 e. The number of para-hydroxylation sites is 1. The zero-order chi connectivity index (χ0) is 12.3. The fraction of sp³-hybridized carbons (Fsp3) is 0.143. The minimum absolute atomic E-state index is 0.477. The van der Waals surface area contributed by atoms with Crippen LogP contribution in [0.1, 0.15) is 11.1 Å². The lowest BCUT2D eigenvalue weighted by atomic mass is 10.1. The minimum Gasteiger partial charge on any atom is -0.457 e. The summed E-state index contributed by atoms with van der Waals surface area (Å²) in [5.41, 5.74) is 7.82. The Bertz CT molecular complexity index is 525. The predicted molar refractivity (Wildman–Crippen MR) is 73.3 cm³/mol. The second-order valence-electron chi connectivity index (χ2n) is 3.83. The van der Waals surface area contributed by atoms with Crippen LogP contribution in [0.3, 0.4) is 0 Å². The Morgan fingerprint density at radius 3 is 2.65 bits per heavy atom. The van der Waals surface area contributed by atoms with E-state index < -0.39 is 0 Å². The van der Waals surface area contributed by atoms with E-state index in [4.69, 9.17) is 10.5 Å². The number of rotatable bonds is 3. The van der Waals surface area contributed by atoms with Crippen molar-refractivity contribution in [3.63, 3.8) is 0 Å². The number of hydrogen-bond acceptors (Lipinski definition) is 2. The summed E-state index contributed by atoms with van der Waals surface area (Å²) in [6.07, 6.45) is 0. The number of benzene rings is 2. The van der Waals surface area contributed by atoms with Crippen molar-refractivity contribution in [1.29, 1.82) is 0 Å². The second kappa shape index (κ2) is 5.34. The van der Waals surface area contributed by atoms with Gasteiger partial charge in [-0.05, 0) is 30.7 Å². The lowest BCUT2D eigenvalue weighted by Gasteiger charge is -2.12. The van der Waals surface area contributed by atoms with Gasteiger partial charge in [-0.25, -0.2) is 0 Å². The molecule has 0 fully saturated rings. The monoisotopic (exact) mass is 291 g/mol. The molecule has 0 heterocycles. The van der Waals surface area contributed by atoms with Gasteiger partial charge in [0.1, 0.15) is 11.5 Å². The Kier molecular flexibility index (Phi) is 3.82. The molecule has 0 unspecified atom stereocenters. The van der Waals surface area contributed by atoms with Gasteiger partial charge in [-0.3, -0.25) is 0 Å². The summed E-state index contributed by atoms with van der Waals surface area (Å²) < 4.78 is 6.90. The van der Waals surface area contributed by atoms with E-state index >= 15 is 0 Å². The lowest BCUT2D eigenvalue weighted by Crippen LogP contribution is -2.00. The third kappa shape index (κ3) is 2.87. The van der Waals surface area contributed by atoms with Gasteiger partial charge < -0.3 is 10.5 Å². The molecule has 88 valence electrons. The molecule has 0 saturated carbocycles. The highest BCUT2D eigenvalue weighted by Crippen LogP contribution is 2.30. The Morgan fingerprint density at radius 2 is 1.94 bits per heavy atom. The molecule has 0 spiro atoms. The average Bonchev–Trinajstić information content (AvgIpc) is 2.32. The van der Waals surface area contributed by atoms with Gasteiger partial charge in [0.15, 0.2) is 0 Å². The Hall–Kier alpha value is -1.32. The number of hydrogen-bond donors (Lipinski definition) is 1. The highest BCUT2D eigenvalue weighted by molar-refractivity contribution is 9.10. The maximum absolute atomic E-state index is 5.90. The Labute approximate surface area is 110 Å². The molecule has 0 aromatic heterocycles. The molecular weight excluding hydrogens is 278 g/mol. The van der Waals surface area contributed by atoms with E-state index in [2.05, 4.69) is 15.9 Å². The highest BCUT2D eigenvalue weighted by Gasteiger charge is 2.06. The number of nitrogens with two attached hydrogens (primary N) is 1. The van der Waals surface area contributed by atoms with Gasteiger partial charge in [0, 0.05) is 16.6 Å². The Balaban J connectivity index is 2.35. The fourth-order valence-corrected chi connectivity index (χ4v) is 2.05. The SMILES string of the molecule is Cc1cccc(CN)c1Oc1cccc(Br)c1. The molecule has 0 aliphatic carbocycles. The second-order valence-corrected chi connectivity index (χ2v) is 4.74. The molecule has 3 heteroatoms. The summed E-state index contributed by atoms with van der Waals surface area (Å²) in [5, 5.41) is 0. The molecule has 0 aliphatic heterocycles. The van der Waals surface area contributed by atoms with Crippen molar-refractivity contribution in [2.24, 2.45) is 5.73 Å². The van der Waals surface area contributed by atoms with Gasteiger partial charge in [-0.15, -0.1) is 0 Å². The summed E-state index contributed by atoms with van der Waals surface area (Å²) >= 11 is 3.42. The van der Waals surface area contributed by atoms with Crippen LogP contribution in [-0.2, 0) is 6.54 Å². The molecule has 0 radical (unpaired) electrons. The molecule has 0 amide bonds. The summed E-state index contributed by atoms with van der Waals surface area (Å²) in [6.45, 7) is 2.50. The molecule has 0 aliphatic rings.